The lowest BCUT2D eigenvalue weighted by Crippen LogP contribution is -2.40. The van der Waals surface area contributed by atoms with Crippen molar-refractivity contribution in [1.29, 1.82) is 0 Å². The van der Waals surface area contributed by atoms with Crippen molar-refractivity contribution in [2.24, 2.45) is 0 Å². The number of esters is 1. The molecule has 2 aromatic carbocycles. The molecule has 0 bridgehead atoms. The average Bonchev–Trinajstić information content (AvgIpc) is 3.29. The molecule has 0 aromatic heterocycles. The van der Waals surface area contributed by atoms with E-state index < -0.39 is 6.04 Å². The second kappa shape index (κ2) is 9.34. The van der Waals surface area contributed by atoms with E-state index in [9.17, 15) is 9.59 Å². The Morgan fingerprint density at radius 2 is 1.84 bits per heavy atom. The van der Waals surface area contributed by atoms with Gasteiger partial charge in [0.05, 0.1) is 40.4 Å². The molecule has 1 amide bonds. The van der Waals surface area contributed by atoms with Gasteiger partial charge in [0, 0.05) is 19.0 Å². The summed E-state index contributed by atoms with van der Waals surface area (Å²) in [5.74, 6) is 1.56. The lowest BCUT2D eigenvalue weighted by Gasteiger charge is -2.36. The van der Waals surface area contributed by atoms with Crippen molar-refractivity contribution < 1.29 is 28.5 Å². The first-order valence-corrected chi connectivity index (χ1v) is 10.6. The summed E-state index contributed by atoms with van der Waals surface area (Å²) in [7, 11) is 4.50. The molecule has 0 aliphatic carbocycles. The quantitative estimate of drug-likeness (QED) is 0.510. The number of ether oxygens (including phenoxy) is 4. The van der Waals surface area contributed by atoms with Crippen LogP contribution in [0, 0.1) is 0 Å². The highest BCUT2D eigenvalue weighted by molar-refractivity contribution is 5.92. The van der Waals surface area contributed by atoms with Gasteiger partial charge in [-0.1, -0.05) is 6.07 Å². The molecular formula is C25H27NO6. The smallest absolute Gasteiger partial charge is 0.307 e. The molecule has 7 heteroatoms. The number of rotatable bonds is 6. The molecule has 7 nitrogen and oxygen atoms in total. The molecule has 2 heterocycles. The molecule has 0 N–H and O–H groups in total. The maximum Gasteiger partial charge on any atom is 0.307 e. The topological polar surface area (TPSA) is 74.3 Å². The van der Waals surface area contributed by atoms with Gasteiger partial charge in [-0.3, -0.25) is 9.59 Å². The monoisotopic (exact) mass is 437 g/mol. The molecule has 2 aromatic rings. The predicted molar refractivity (Wildman–Crippen MR) is 119 cm³/mol. The summed E-state index contributed by atoms with van der Waals surface area (Å²) < 4.78 is 21.3. The van der Waals surface area contributed by atoms with E-state index >= 15 is 0 Å². The number of hydrogen-bond donors (Lipinski definition) is 0. The van der Waals surface area contributed by atoms with E-state index in [2.05, 4.69) is 0 Å². The normalized spacial score (nSPS) is 16.8. The summed E-state index contributed by atoms with van der Waals surface area (Å²) in [6.45, 7) is 1.18. The van der Waals surface area contributed by atoms with Crippen molar-refractivity contribution in [3.05, 3.63) is 58.7 Å². The molecule has 2 aliphatic rings. The summed E-state index contributed by atoms with van der Waals surface area (Å²) in [5, 5.41) is 0. The highest BCUT2D eigenvalue weighted by Crippen LogP contribution is 2.39. The van der Waals surface area contributed by atoms with Crippen LogP contribution in [0.15, 0.2) is 36.4 Å². The van der Waals surface area contributed by atoms with Gasteiger partial charge in [-0.25, -0.2) is 0 Å². The fourth-order valence-corrected chi connectivity index (χ4v) is 4.33. The molecule has 1 atom stereocenters. The van der Waals surface area contributed by atoms with E-state index in [-0.39, 0.29) is 18.3 Å². The Morgan fingerprint density at radius 3 is 2.59 bits per heavy atom. The highest BCUT2D eigenvalue weighted by Gasteiger charge is 2.33. The van der Waals surface area contributed by atoms with Crippen molar-refractivity contribution in [2.75, 3.05) is 34.5 Å². The van der Waals surface area contributed by atoms with Crippen molar-refractivity contribution in [2.45, 2.75) is 25.3 Å². The van der Waals surface area contributed by atoms with Gasteiger partial charge in [0.15, 0.2) is 11.5 Å². The van der Waals surface area contributed by atoms with Crippen LogP contribution in [0.2, 0.25) is 0 Å². The largest absolute Gasteiger partial charge is 0.493 e. The van der Waals surface area contributed by atoms with Gasteiger partial charge in [-0.2, -0.15) is 0 Å². The lowest BCUT2D eigenvalue weighted by atomic mass is 9.90. The van der Waals surface area contributed by atoms with E-state index in [1.165, 1.54) is 7.11 Å². The van der Waals surface area contributed by atoms with Gasteiger partial charge in [0.1, 0.15) is 5.75 Å². The second-order valence-electron chi connectivity index (χ2n) is 7.78. The zero-order valence-corrected chi connectivity index (χ0v) is 18.6. The van der Waals surface area contributed by atoms with E-state index in [1.54, 1.807) is 31.3 Å². The first-order valence-electron chi connectivity index (χ1n) is 10.6. The average molecular weight is 437 g/mol. The Balaban J connectivity index is 1.62. The van der Waals surface area contributed by atoms with Crippen LogP contribution in [0.3, 0.4) is 0 Å². The number of carbonyl (C=O) groups is 2. The molecule has 0 saturated carbocycles. The highest BCUT2D eigenvalue weighted by atomic mass is 16.5. The van der Waals surface area contributed by atoms with Crippen LogP contribution in [0.25, 0.3) is 6.08 Å². The SMILES string of the molecule is COC(=O)CC1c2cc(OC)c(OC)cc2CCN1C(=O)/C=C/c1ccc2c(c1)CCO2. The lowest BCUT2D eigenvalue weighted by molar-refractivity contribution is -0.143. The number of carbonyl (C=O) groups excluding carboxylic acids is 2. The summed E-state index contributed by atoms with van der Waals surface area (Å²) in [6.07, 6.45) is 4.96. The Kier molecular flexibility index (Phi) is 6.35. The third-order valence-corrected chi connectivity index (χ3v) is 6.01. The van der Waals surface area contributed by atoms with Crippen molar-refractivity contribution >= 4 is 18.0 Å². The van der Waals surface area contributed by atoms with E-state index in [4.69, 9.17) is 18.9 Å². The van der Waals surface area contributed by atoms with Crippen LogP contribution in [0.5, 0.6) is 17.2 Å². The molecule has 0 fully saturated rings. The third kappa shape index (κ3) is 4.28. The summed E-state index contributed by atoms with van der Waals surface area (Å²) in [5.41, 5.74) is 3.99. The number of benzene rings is 2. The Bertz CT molecular complexity index is 1060. The van der Waals surface area contributed by atoms with Gasteiger partial charge >= 0.3 is 5.97 Å². The summed E-state index contributed by atoms with van der Waals surface area (Å²) in [6, 6.07) is 9.23. The van der Waals surface area contributed by atoms with Gasteiger partial charge in [-0.15, -0.1) is 0 Å². The van der Waals surface area contributed by atoms with Crippen LogP contribution in [-0.4, -0.2) is 51.3 Å². The van der Waals surface area contributed by atoms with Gasteiger partial charge in [-0.05, 0) is 59.0 Å². The van der Waals surface area contributed by atoms with Crippen LogP contribution in [0.1, 0.15) is 34.7 Å². The molecule has 2 aliphatic heterocycles. The van der Waals surface area contributed by atoms with E-state index in [0.717, 1.165) is 34.4 Å². The van der Waals surface area contributed by atoms with Crippen LogP contribution in [0.4, 0.5) is 0 Å². The molecule has 0 saturated heterocycles. The van der Waals surface area contributed by atoms with Gasteiger partial charge in [0.25, 0.3) is 0 Å². The Hall–Kier alpha value is -3.48. The molecule has 0 spiro atoms. The van der Waals surface area contributed by atoms with Crippen molar-refractivity contribution in [1.82, 2.24) is 4.90 Å². The number of hydrogen-bond acceptors (Lipinski definition) is 6. The molecule has 0 radical (unpaired) electrons. The first kappa shape index (κ1) is 21.7. The minimum absolute atomic E-state index is 0.0642. The first-order chi connectivity index (χ1) is 15.5. The fourth-order valence-electron chi connectivity index (χ4n) is 4.33. The minimum Gasteiger partial charge on any atom is -0.493 e. The van der Waals surface area contributed by atoms with E-state index in [1.807, 2.05) is 30.3 Å². The third-order valence-electron chi connectivity index (χ3n) is 6.01. The molecule has 32 heavy (non-hydrogen) atoms. The fraction of sp³-hybridized carbons (Fsp3) is 0.360. The Labute approximate surface area is 187 Å². The zero-order valence-electron chi connectivity index (χ0n) is 18.6. The van der Waals surface area contributed by atoms with Crippen LogP contribution < -0.4 is 14.2 Å². The van der Waals surface area contributed by atoms with E-state index in [0.29, 0.717) is 31.1 Å². The molecule has 168 valence electrons. The number of methoxy groups -OCH3 is 3. The Morgan fingerprint density at radius 1 is 1.06 bits per heavy atom. The predicted octanol–water partition coefficient (Wildman–Crippen LogP) is 3.34. The second-order valence-corrected chi connectivity index (χ2v) is 7.78. The van der Waals surface area contributed by atoms with Gasteiger partial charge in [0.2, 0.25) is 5.91 Å². The summed E-state index contributed by atoms with van der Waals surface area (Å²) in [4.78, 5) is 27.1. The standard InChI is InChI=1S/C25H27NO6/c1-29-22-13-17-8-10-26(20(15-25(28)31-3)19(17)14-23(22)30-2)24(27)7-5-16-4-6-21-18(12-16)9-11-32-21/h4-7,12-14,20H,8-11,15H2,1-3H3/b7-5+. The zero-order chi connectivity index (χ0) is 22.7. The maximum absolute atomic E-state index is 13.2. The minimum atomic E-state index is -0.448. The maximum atomic E-state index is 13.2. The number of amides is 1. The van der Waals surface area contributed by atoms with Crippen molar-refractivity contribution in [3.8, 4) is 17.2 Å². The molecular weight excluding hydrogens is 410 g/mol. The number of fused-ring (bicyclic) bond motifs is 2. The molecule has 1 unspecified atom stereocenters. The van der Waals surface area contributed by atoms with Gasteiger partial charge < -0.3 is 23.8 Å². The molecule has 4 rings (SSSR count). The van der Waals surface area contributed by atoms with Crippen molar-refractivity contribution in [3.63, 3.8) is 0 Å². The van der Waals surface area contributed by atoms with Crippen LogP contribution in [-0.2, 0) is 27.2 Å². The number of nitrogens with zero attached hydrogens (tertiary/aromatic N) is 1. The van der Waals surface area contributed by atoms with Crippen LogP contribution >= 0.6 is 0 Å². The summed E-state index contributed by atoms with van der Waals surface area (Å²) >= 11 is 0.